The van der Waals surface area contributed by atoms with Crippen LogP contribution in [-0.4, -0.2) is 51.8 Å². The SMILES string of the molecule is O=[N+]([O-])C([SeH])Cc1[c]ccc(CC([SeH])[N+](=O)[O-])c1. The molecule has 0 aliphatic heterocycles. The Kier molecular flexibility index (Phi) is 5.75. The summed E-state index contributed by atoms with van der Waals surface area (Å²) in [4.78, 5) is 18.9. The van der Waals surface area contributed by atoms with E-state index in [1.807, 2.05) is 32.0 Å². The summed E-state index contributed by atoms with van der Waals surface area (Å²) in [6.45, 7) is 0. The molecule has 0 fully saturated rings. The monoisotopic (exact) mass is 383 g/mol. The Morgan fingerprint density at radius 2 is 1.72 bits per heavy atom. The molecule has 0 amide bonds. The average Bonchev–Trinajstić information content (AvgIpc) is 2.29. The number of hydrogen-bond acceptors (Lipinski definition) is 4. The van der Waals surface area contributed by atoms with Gasteiger partial charge in [0.05, 0.1) is 0 Å². The molecule has 6 nitrogen and oxygen atoms in total. The van der Waals surface area contributed by atoms with E-state index < -0.39 is 9.88 Å². The van der Waals surface area contributed by atoms with Gasteiger partial charge in [0.25, 0.3) is 0 Å². The molecule has 97 valence electrons. The summed E-state index contributed by atoms with van der Waals surface area (Å²) in [7, 11) is 0. The molecule has 1 rings (SSSR count). The molecule has 2 unspecified atom stereocenters. The molecule has 1 aromatic carbocycles. The summed E-state index contributed by atoms with van der Waals surface area (Å²) in [5.74, 6) is 0. The van der Waals surface area contributed by atoms with E-state index >= 15 is 0 Å². The minimum absolute atomic E-state index is 0.253. The quantitative estimate of drug-likeness (QED) is 0.381. The number of hydrogen-bond donors (Lipinski definition) is 0. The first-order valence-corrected chi connectivity index (χ1v) is 7.19. The molecule has 0 aromatic heterocycles. The van der Waals surface area contributed by atoms with Crippen LogP contribution in [0.1, 0.15) is 11.1 Å². The van der Waals surface area contributed by atoms with Crippen molar-refractivity contribution < 1.29 is 9.85 Å². The first-order chi connectivity index (χ1) is 8.40. The van der Waals surface area contributed by atoms with Crippen molar-refractivity contribution in [1.29, 1.82) is 0 Å². The standard InChI is InChI=1S/C10H11N2O4Se2/c13-11(14)9(17)5-7-2-1-3-8(4-7)6-10(18)12(15)16/h1-2,4,9-10,17-18H,5-6H2. The van der Waals surface area contributed by atoms with E-state index in [4.69, 9.17) is 0 Å². The molecule has 0 aliphatic rings. The summed E-state index contributed by atoms with van der Waals surface area (Å²) < 4.78 is 0. The van der Waals surface area contributed by atoms with Crippen molar-refractivity contribution in [3.8, 4) is 0 Å². The van der Waals surface area contributed by atoms with Gasteiger partial charge < -0.3 is 0 Å². The van der Waals surface area contributed by atoms with Gasteiger partial charge in [0.2, 0.25) is 0 Å². The van der Waals surface area contributed by atoms with Crippen LogP contribution >= 0.6 is 0 Å². The average molecular weight is 381 g/mol. The molecule has 18 heavy (non-hydrogen) atoms. The second kappa shape index (κ2) is 6.85. The topological polar surface area (TPSA) is 86.3 Å². The molecule has 2 atom stereocenters. The molecule has 1 aromatic rings. The zero-order chi connectivity index (χ0) is 13.7. The first kappa shape index (κ1) is 15.1. The second-order valence-corrected chi connectivity index (χ2v) is 6.16. The molecule has 0 aliphatic carbocycles. The minimum atomic E-state index is -0.743. The second-order valence-electron chi connectivity index (χ2n) is 3.66. The van der Waals surface area contributed by atoms with Crippen LogP contribution in [0, 0.1) is 26.3 Å². The van der Waals surface area contributed by atoms with E-state index in [1.54, 1.807) is 18.2 Å². The van der Waals surface area contributed by atoms with Gasteiger partial charge in [0, 0.05) is 0 Å². The summed E-state index contributed by atoms with van der Waals surface area (Å²) in [6, 6.07) is 8.02. The first-order valence-electron chi connectivity index (χ1n) is 5.02. The Morgan fingerprint density at radius 1 is 1.17 bits per heavy atom. The van der Waals surface area contributed by atoms with E-state index in [1.165, 1.54) is 0 Å². The van der Waals surface area contributed by atoms with Gasteiger partial charge in [-0.25, -0.2) is 0 Å². The Hall–Kier alpha value is -0.941. The van der Waals surface area contributed by atoms with Gasteiger partial charge >= 0.3 is 120 Å². The predicted octanol–water partition coefficient (Wildman–Crippen LogP) is -0.421. The van der Waals surface area contributed by atoms with E-state index in [0.29, 0.717) is 5.56 Å². The Balaban J connectivity index is 2.73. The van der Waals surface area contributed by atoms with Crippen molar-refractivity contribution in [2.75, 3.05) is 0 Å². The van der Waals surface area contributed by atoms with Crippen molar-refractivity contribution in [1.82, 2.24) is 0 Å². The molecule has 1 radical (unpaired) electrons. The van der Waals surface area contributed by atoms with E-state index in [2.05, 4.69) is 6.07 Å². The molecule has 0 N–H and O–H groups in total. The van der Waals surface area contributed by atoms with Crippen LogP contribution in [0.2, 0.25) is 0 Å². The van der Waals surface area contributed by atoms with Gasteiger partial charge in [-0.3, -0.25) is 0 Å². The van der Waals surface area contributed by atoms with E-state index in [-0.39, 0.29) is 22.7 Å². The predicted molar refractivity (Wildman–Crippen MR) is 68.5 cm³/mol. The fraction of sp³-hybridized carbons (Fsp3) is 0.400. The summed E-state index contributed by atoms with van der Waals surface area (Å²) >= 11 is 4.01. The van der Waals surface area contributed by atoms with Crippen molar-refractivity contribution in [2.45, 2.75) is 22.7 Å². The van der Waals surface area contributed by atoms with Crippen LogP contribution in [0.4, 0.5) is 0 Å². The Morgan fingerprint density at radius 3 is 2.28 bits per heavy atom. The van der Waals surface area contributed by atoms with Crippen LogP contribution in [0.15, 0.2) is 18.2 Å². The summed E-state index contributed by atoms with van der Waals surface area (Å²) in [5, 5.41) is 21.1. The van der Waals surface area contributed by atoms with Crippen LogP contribution in [0.5, 0.6) is 0 Å². The van der Waals surface area contributed by atoms with Gasteiger partial charge in [-0.1, -0.05) is 0 Å². The summed E-state index contributed by atoms with van der Waals surface area (Å²) in [6.07, 6.45) is 0.541. The van der Waals surface area contributed by atoms with E-state index in [9.17, 15) is 20.2 Å². The number of nitrogens with zero attached hydrogens (tertiary/aromatic N) is 2. The third-order valence-electron chi connectivity index (χ3n) is 2.23. The third kappa shape index (κ3) is 4.74. The third-order valence-corrected chi connectivity index (χ3v) is 3.79. The molecule has 0 saturated carbocycles. The molecule has 0 saturated heterocycles. The normalized spacial score (nSPS) is 13.9. The van der Waals surface area contributed by atoms with Crippen molar-refractivity contribution >= 4 is 32.0 Å². The van der Waals surface area contributed by atoms with Crippen molar-refractivity contribution in [3.05, 3.63) is 55.6 Å². The fourth-order valence-corrected chi connectivity index (χ4v) is 2.23. The van der Waals surface area contributed by atoms with Gasteiger partial charge in [-0.2, -0.15) is 0 Å². The Labute approximate surface area is 120 Å². The van der Waals surface area contributed by atoms with Crippen molar-refractivity contribution in [2.24, 2.45) is 0 Å². The van der Waals surface area contributed by atoms with Gasteiger partial charge in [-0.05, 0) is 0 Å². The van der Waals surface area contributed by atoms with Crippen LogP contribution in [-0.2, 0) is 12.8 Å². The van der Waals surface area contributed by atoms with E-state index in [0.717, 1.165) is 5.56 Å². The van der Waals surface area contributed by atoms with Crippen LogP contribution < -0.4 is 0 Å². The molecule has 0 spiro atoms. The molecular weight excluding hydrogens is 370 g/mol. The molecule has 8 heteroatoms. The molecule has 0 heterocycles. The van der Waals surface area contributed by atoms with Crippen molar-refractivity contribution in [3.63, 3.8) is 0 Å². The number of rotatable bonds is 6. The van der Waals surface area contributed by atoms with Gasteiger partial charge in [0.1, 0.15) is 0 Å². The van der Waals surface area contributed by atoms with Crippen LogP contribution in [0.25, 0.3) is 0 Å². The molecular formula is C10H11N2O4Se2. The van der Waals surface area contributed by atoms with Gasteiger partial charge in [-0.15, -0.1) is 0 Å². The number of nitro groups is 2. The number of benzene rings is 1. The maximum absolute atomic E-state index is 10.5. The summed E-state index contributed by atoms with van der Waals surface area (Å²) in [5.41, 5.74) is 1.48. The zero-order valence-electron chi connectivity index (χ0n) is 9.22. The fourth-order valence-electron chi connectivity index (χ4n) is 1.37. The maximum atomic E-state index is 10.5. The van der Waals surface area contributed by atoms with Gasteiger partial charge in [0.15, 0.2) is 0 Å². The zero-order valence-corrected chi connectivity index (χ0v) is 13.0. The van der Waals surface area contributed by atoms with Crippen LogP contribution in [0.3, 0.4) is 0 Å². The Bertz CT molecular complexity index is 418. The molecule has 0 bridgehead atoms.